The first kappa shape index (κ1) is 20.2. The van der Waals surface area contributed by atoms with Gasteiger partial charge in [-0.3, -0.25) is 4.90 Å². The van der Waals surface area contributed by atoms with Crippen LogP contribution in [0.2, 0.25) is 0 Å². The third kappa shape index (κ3) is 3.99. The van der Waals surface area contributed by atoms with Crippen molar-refractivity contribution in [2.45, 2.75) is 71.0 Å². The molecule has 0 amide bonds. The molecule has 4 nitrogen and oxygen atoms in total. The van der Waals surface area contributed by atoms with Gasteiger partial charge in [-0.15, -0.1) is 0 Å². The van der Waals surface area contributed by atoms with Crippen molar-refractivity contribution >= 4 is 18.3 Å². The van der Waals surface area contributed by atoms with Gasteiger partial charge in [0.25, 0.3) is 0 Å². The average Bonchev–Trinajstić information content (AvgIpc) is 2.88. The summed E-state index contributed by atoms with van der Waals surface area (Å²) in [5.41, 5.74) is 1.94. The lowest BCUT2D eigenvalue weighted by atomic mass is 9.79. The highest BCUT2D eigenvalue weighted by molar-refractivity contribution is 6.62. The topological polar surface area (TPSA) is 24.9 Å². The summed E-state index contributed by atoms with van der Waals surface area (Å²) in [7, 11) is -0.264. The largest absolute Gasteiger partial charge is 0.494 e. The third-order valence-electron chi connectivity index (χ3n) is 7.41. The van der Waals surface area contributed by atoms with Gasteiger partial charge < -0.3 is 14.2 Å². The molecule has 0 spiro atoms. The second-order valence-corrected chi connectivity index (χ2v) is 9.73. The predicted octanol–water partition coefficient (Wildman–Crippen LogP) is 3.69. The Morgan fingerprint density at radius 3 is 2.25 bits per heavy atom. The Hall–Kier alpha value is -1.04. The van der Waals surface area contributed by atoms with Crippen LogP contribution in [0, 0.1) is 5.92 Å². The van der Waals surface area contributed by atoms with E-state index in [1.807, 2.05) is 0 Å². The van der Waals surface area contributed by atoms with Crippen LogP contribution in [0.1, 0.15) is 59.8 Å². The van der Waals surface area contributed by atoms with Gasteiger partial charge in [-0.25, -0.2) is 0 Å². The molecule has 2 aliphatic heterocycles. The molecule has 3 aliphatic rings. The highest BCUT2D eigenvalue weighted by Crippen LogP contribution is 2.40. The van der Waals surface area contributed by atoms with Gasteiger partial charge in [0.15, 0.2) is 0 Å². The van der Waals surface area contributed by atoms with Crippen molar-refractivity contribution in [1.82, 2.24) is 4.90 Å². The second kappa shape index (κ2) is 8.00. The molecule has 1 aromatic carbocycles. The summed E-state index contributed by atoms with van der Waals surface area (Å²) in [4.78, 5) is 5.17. The Kier molecular flexibility index (Phi) is 5.79. The number of piperazine rings is 1. The van der Waals surface area contributed by atoms with Crippen LogP contribution in [0.15, 0.2) is 24.3 Å². The first-order valence-corrected chi connectivity index (χ1v) is 11.3. The van der Waals surface area contributed by atoms with E-state index in [1.165, 1.54) is 44.6 Å². The van der Waals surface area contributed by atoms with Gasteiger partial charge in [0.1, 0.15) is 0 Å². The Morgan fingerprint density at radius 1 is 1.00 bits per heavy atom. The number of hydrogen-bond acceptors (Lipinski definition) is 4. The summed E-state index contributed by atoms with van der Waals surface area (Å²) in [6.07, 6.45) is 6.45. The third-order valence-corrected chi connectivity index (χ3v) is 7.41. The fourth-order valence-corrected chi connectivity index (χ4v) is 4.84. The first-order chi connectivity index (χ1) is 13.4. The van der Waals surface area contributed by atoms with E-state index in [9.17, 15) is 0 Å². The van der Waals surface area contributed by atoms with Gasteiger partial charge >= 0.3 is 7.12 Å². The lowest BCUT2D eigenvalue weighted by Gasteiger charge is -2.39. The summed E-state index contributed by atoms with van der Waals surface area (Å²) in [6, 6.07) is 8.86. The van der Waals surface area contributed by atoms with E-state index < -0.39 is 0 Å². The second-order valence-electron chi connectivity index (χ2n) is 9.73. The number of hydrogen-bond donors (Lipinski definition) is 0. The summed E-state index contributed by atoms with van der Waals surface area (Å²) >= 11 is 0. The first-order valence-electron chi connectivity index (χ1n) is 11.3. The maximum absolute atomic E-state index is 6.40. The van der Waals surface area contributed by atoms with Crippen molar-refractivity contribution in [3.63, 3.8) is 0 Å². The van der Waals surface area contributed by atoms with E-state index in [-0.39, 0.29) is 18.3 Å². The fourth-order valence-electron chi connectivity index (χ4n) is 4.84. The summed E-state index contributed by atoms with van der Waals surface area (Å²) < 4.78 is 12.7. The Morgan fingerprint density at radius 2 is 1.68 bits per heavy atom. The Bertz CT molecular complexity index is 653. The quantitative estimate of drug-likeness (QED) is 0.699. The molecular formula is C23H37BN2O2. The van der Waals surface area contributed by atoms with Crippen LogP contribution in [-0.2, 0) is 9.31 Å². The van der Waals surface area contributed by atoms with E-state index in [0.29, 0.717) is 0 Å². The molecule has 4 rings (SSSR count). The number of nitrogens with zero attached hydrogens (tertiary/aromatic N) is 2. The smallest absolute Gasteiger partial charge is 0.399 e. The van der Waals surface area contributed by atoms with Crippen LogP contribution in [0.4, 0.5) is 5.69 Å². The van der Waals surface area contributed by atoms with Gasteiger partial charge in [-0.2, -0.15) is 0 Å². The van der Waals surface area contributed by atoms with Crippen LogP contribution in [0.3, 0.4) is 0 Å². The van der Waals surface area contributed by atoms with Crippen molar-refractivity contribution in [3.05, 3.63) is 24.3 Å². The van der Waals surface area contributed by atoms with Crippen LogP contribution >= 0.6 is 0 Å². The summed E-state index contributed by atoms with van der Waals surface area (Å²) in [6.45, 7) is 14.7. The lowest BCUT2D eigenvalue weighted by Crippen LogP contribution is -2.48. The molecule has 154 valence electrons. The molecule has 1 unspecified atom stereocenters. The van der Waals surface area contributed by atoms with E-state index in [4.69, 9.17) is 9.31 Å². The highest BCUT2D eigenvalue weighted by atomic mass is 16.7. The Labute approximate surface area is 171 Å². The number of rotatable bonds is 6. The van der Waals surface area contributed by atoms with Gasteiger partial charge in [-0.05, 0) is 63.5 Å². The molecule has 1 aromatic rings. The predicted molar refractivity (Wildman–Crippen MR) is 117 cm³/mol. The lowest BCUT2D eigenvalue weighted by molar-refractivity contribution is -0.0159. The van der Waals surface area contributed by atoms with Crippen molar-refractivity contribution in [3.8, 4) is 0 Å². The molecule has 0 N–H and O–H groups in total. The molecule has 0 bridgehead atoms. The molecule has 0 radical (unpaired) electrons. The maximum Gasteiger partial charge on any atom is 0.494 e. The highest BCUT2D eigenvalue weighted by Gasteiger charge is 2.53. The van der Waals surface area contributed by atoms with E-state index in [1.54, 1.807) is 0 Å². The molecular weight excluding hydrogens is 347 g/mol. The normalized spacial score (nSPS) is 28.6. The summed E-state index contributed by atoms with van der Waals surface area (Å²) in [5, 5.41) is 0. The van der Waals surface area contributed by atoms with Crippen molar-refractivity contribution in [2.24, 2.45) is 5.92 Å². The minimum absolute atomic E-state index is 0.234. The average molecular weight is 384 g/mol. The Balaban J connectivity index is 1.34. The van der Waals surface area contributed by atoms with E-state index >= 15 is 0 Å². The van der Waals surface area contributed by atoms with Crippen molar-refractivity contribution in [2.75, 3.05) is 37.6 Å². The standard InChI is InChI=1S/C23H37BN2O2/c1-5-13-23(4)22(2,3)27-24(28-23)20-9-11-21(12-10-20)26-16-14-25(15-17-26)18-19-7-6-8-19/h9-12,19H,5-8,13-18H2,1-4H3. The molecule has 1 saturated carbocycles. The fraction of sp³-hybridized carbons (Fsp3) is 0.739. The molecule has 2 saturated heterocycles. The van der Waals surface area contributed by atoms with Crippen LogP contribution in [-0.4, -0.2) is 55.9 Å². The van der Waals surface area contributed by atoms with Crippen LogP contribution in [0.25, 0.3) is 0 Å². The number of benzene rings is 1. The monoisotopic (exact) mass is 384 g/mol. The zero-order valence-electron chi connectivity index (χ0n) is 18.2. The molecule has 2 heterocycles. The van der Waals surface area contributed by atoms with E-state index in [2.05, 4.69) is 61.8 Å². The van der Waals surface area contributed by atoms with E-state index in [0.717, 1.165) is 37.3 Å². The van der Waals surface area contributed by atoms with Crippen LogP contribution in [0.5, 0.6) is 0 Å². The molecule has 1 atom stereocenters. The minimum Gasteiger partial charge on any atom is -0.399 e. The molecule has 3 fully saturated rings. The SMILES string of the molecule is CCCC1(C)OB(c2ccc(N3CCN(CC4CCC4)CC3)cc2)OC1(C)C. The number of anilines is 1. The molecule has 1 aliphatic carbocycles. The van der Waals surface area contributed by atoms with Crippen molar-refractivity contribution < 1.29 is 9.31 Å². The molecule has 0 aromatic heterocycles. The zero-order valence-corrected chi connectivity index (χ0v) is 18.2. The molecule has 5 heteroatoms. The van der Waals surface area contributed by atoms with Crippen molar-refractivity contribution in [1.29, 1.82) is 0 Å². The van der Waals surface area contributed by atoms with Crippen LogP contribution < -0.4 is 10.4 Å². The maximum atomic E-state index is 6.40. The minimum atomic E-state index is -0.275. The van der Waals surface area contributed by atoms with Gasteiger partial charge in [0.2, 0.25) is 0 Å². The summed E-state index contributed by atoms with van der Waals surface area (Å²) in [5.74, 6) is 0.972. The van der Waals surface area contributed by atoms with Gasteiger partial charge in [-0.1, -0.05) is 31.9 Å². The molecule has 28 heavy (non-hydrogen) atoms. The van der Waals surface area contributed by atoms with Gasteiger partial charge in [0.05, 0.1) is 11.2 Å². The van der Waals surface area contributed by atoms with Gasteiger partial charge in [0, 0.05) is 38.4 Å². The zero-order chi connectivity index (χ0) is 19.8.